The standard InChI is InChI=1S/C14H13FN2O4S/c1-16(10-11-5-7-12(15)8-6-11)22(20,21)14-4-2-3-13(9-14)17(18)19/h2-9H,10H2,1H3. The Hall–Kier alpha value is -2.32. The second kappa shape index (κ2) is 6.20. The first-order valence-electron chi connectivity index (χ1n) is 6.26. The first-order chi connectivity index (χ1) is 10.3. The molecule has 0 saturated carbocycles. The van der Waals surface area contributed by atoms with Crippen molar-refractivity contribution in [3.63, 3.8) is 0 Å². The third-order valence-corrected chi connectivity index (χ3v) is 4.85. The van der Waals surface area contributed by atoms with E-state index in [0.29, 0.717) is 5.56 Å². The van der Waals surface area contributed by atoms with E-state index in [1.165, 1.54) is 49.5 Å². The predicted octanol–water partition coefficient (Wildman–Crippen LogP) is 2.55. The second-order valence-electron chi connectivity index (χ2n) is 4.64. The Morgan fingerprint density at radius 2 is 1.82 bits per heavy atom. The zero-order valence-electron chi connectivity index (χ0n) is 11.6. The topological polar surface area (TPSA) is 80.5 Å². The van der Waals surface area contributed by atoms with E-state index in [-0.39, 0.29) is 17.1 Å². The molecule has 0 saturated heterocycles. The lowest BCUT2D eigenvalue weighted by Gasteiger charge is -2.17. The van der Waals surface area contributed by atoms with Gasteiger partial charge in [-0.25, -0.2) is 12.8 Å². The number of nitro benzene ring substituents is 1. The van der Waals surface area contributed by atoms with Crippen LogP contribution >= 0.6 is 0 Å². The minimum absolute atomic E-state index is 0.0330. The van der Waals surface area contributed by atoms with Gasteiger partial charge < -0.3 is 0 Å². The Balaban J connectivity index is 2.27. The average Bonchev–Trinajstić information content (AvgIpc) is 2.49. The highest BCUT2D eigenvalue weighted by Crippen LogP contribution is 2.21. The number of hydrogen-bond acceptors (Lipinski definition) is 4. The number of non-ortho nitro benzene ring substituents is 1. The monoisotopic (exact) mass is 324 g/mol. The molecule has 0 aromatic heterocycles. The van der Waals surface area contributed by atoms with Crippen LogP contribution in [0.5, 0.6) is 0 Å². The molecule has 22 heavy (non-hydrogen) atoms. The van der Waals surface area contributed by atoms with Crippen molar-refractivity contribution in [2.24, 2.45) is 0 Å². The van der Waals surface area contributed by atoms with Crippen LogP contribution in [0.1, 0.15) is 5.56 Å². The average molecular weight is 324 g/mol. The predicted molar refractivity (Wildman–Crippen MR) is 78.1 cm³/mol. The van der Waals surface area contributed by atoms with Gasteiger partial charge in [0.2, 0.25) is 10.0 Å². The fourth-order valence-electron chi connectivity index (χ4n) is 1.87. The summed E-state index contributed by atoms with van der Waals surface area (Å²) in [7, 11) is -2.51. The maximum absolute atomic E-state index is 12.8. The Kier molecular flexibility index (Phi) is 4.53. The summed E-state index contributed by atoms with van der Waals surface area (Å²) in [6, 6.07) is 10.3. The van der Waals surface area contributed by atoms with Gasteiger partial charge >= 0.3 is 0 Å². The highest BCUT2D eigenvalue weighted by Gasteiger charge is 2.23. The summed E-state index contributed by atoms with van der Waals surface area (Å²) in [5, 5.41) is 10.7. The van der Waals surface area contributed by atoms with Gasteiger partial charge in [0, 0.05) is 25.7 Å². The molecule has 0 amide bonds. The molecule has 0 unspecified atom stereocenters. The molecule has 116 valence electrons. The summed E-state index contributed by atoms with van der Waals surface area (Å²) in [5.74, 6) is -0.409. The van der Waals surface area contributed by atoms with Gasteiger partial charge in [-0.1, -0.05) is 18.2 Å². The largest absolute Gasteiger partial charge is 0.270 e. The van der Waals surface area contributed by atoms with E-state index in [0.717, 1.165) is 10.4 Å². The van der Waals surface area contributed by atoms with Gasteiger partial charge in [-0.3, -0.25) is 10.1 Å². The number of hydrogen-bond donors (Lipinski definition) is 0. The van der Waals surface area contributed by atoms with E-state index in [1.807, 2.05) is 0 Å². The maximum atomic E-state index is 12.8. The van der Waals surface area contributed by atoms with Crippen molar-refractivity contribution in [3.05, 3.63) is 70.0 Å². The van der Waals surface area contributed by atoms with Gasteiger partial charge in [0.05, 0.1) is 9.82 Å². The summed E-state index contributed by atoms with van der Waals surface area (Å²) < 4.78 is 38.7. The van der Waals surface area contributed by atoms with Crippen LogP contribution in [0.2, 0.25) is 0 Å². The zero-order valence-corrected chi connectivity index (χ0v) is 12.5. The molecule has 0 spiro atoms. The summed E-state index contributed by atoms with van der Waals surface area (Å²) in [4.78, 5) is 9.92. The molecule has 0 aliphatic carbocycles. The SMILES string of the molecule is CN(Cc1ccc(F)cc1)S(=O)(=O)c1cccc([N+](=O)[O-])c1. The fourth-order valence-corrected chi connectivity index (χ4v) is 3.07. The van der Waals surface area contributed by atoms with Crippen molar-refractivity contribution < 1.29 is 17.7 Å². The van der Waals surface area contributed by atoms with Gasteiger partial charge in [-0.15, -0.1) is 0 Å². The molecule has 0 aliphatic rings. The molecule has 2 aromatic rings. The maximum Gasteiger partial charge on any atom is 0.270 e. The first kappa shape index (κ1) is 16.1. The summed E-state index contributed by atoms with van der Waals surface area (Å²) >= 11 is 0. The molecule has 8 heteroatoms. The molecule has 2 aromatic carbocycles. The molecular formula is C14H13FN2O4S. The van der Waals surface area contributed by atoms with Crippen molar-refractivity contribution in [2.45, 2.75) is 11.4 Å². The molecule has 0 aliphatic heterocycles. The lowest BCUT2D eigenvalue weighted by atomic mass is 10.2. The number of nitro groups is 1. The summed E-state index contributed by atoms with van der Waals surface area (Å²) in [6.07, 6.45) is 0. The minimum atomic E-state index is -3.87. The lowest BCUT2D eigenvalue weighted by molar-refractivity contribution is -0.385. The van der Waals surface area contributed by atoms with E-state index in [2.05, 4.69) is 0 Å². The summed E-state index contributed by atoms with van der Waals surface area (Å²) in [6.45, 7) is 0.0330. The highest BCUT2D eigenvalue weighted by atomic mass is 32.2. The van der Waals surface area contributed by atoms with Crippen LogP contribution in [0, 0.1) is 15.9 Å². The molecule has 2 rings (SSSR count). The minimum Gasteiger partial charge on any atom is -0.258 e. The Bertz CT molecular complexity index is 791. The van der Waals surface area contributed by atoms with Gasteiger partial charge in [0.25, 0.3) is 5.69 Å². The highest BCUT2D eigenvalue weighted by molar-refractivity contribution is 7.89. The molecule has 0 fully saturated rings. The van der Waals surface area contributed by atoms with Crippen LogP contribution in [0.15, 0.2) is 53.4 Å². The van der Waals surface area contributed by atoms with Gasteiger partial charge in [-0.05, 0) is 23.8 Å². The quantitative estimate of drug-likeness (QED) is 0.625. The van der Waals surface area contributed by atoms with Crippen molar-refractivity contribution in [1.82, 2.24) is 4.31 Å². The third-order valence-electron chi connectivity index (χ3n) is 3.06. The number of benzene rings is 2. The zero-order chi connectivity index (χ0) is 16.3. The molecule has 0 atom stereocenters. The molecule has 0 radical (unpaired) electrons. The van der Waals surface area contributed by atoms with Crippen LogP contribution in [0.25, 0.3) is 0 Å². The number of halogens is 1. The molecule has 6 nitrogen and oxygen atoms in total. The van der Waals surface area contributed by atoms with Crippen LogP contribution in [0.4, 0.5) is 10.1 Å². The lowest BCUT2D eigenvalue weighted by Crippen LogP contribution is -2.26. The van der Waals surface area contributed by atoms with Crippen molar-refractivity contribution in [2.75, 3.05) is 7.05 Å². The molecular weight excluding hydrogens is 311 g/mol. The molecule has 0 N–H and O–H groups in total. The van der Waals surface area contributed by atoms with Crippen LogP contribution in [-0.4, -0.2) is 24.7 Å². The normalized spacial score (nSPS) is 11.6. The van der Waals surface area contributed by atoms with Crippen LogP contribution < -0.4 is 0 Å². The van der Waals surface area contributed by atoms with E-state index in [9.17, 15) is 22.9 Å². The van der Waals surface area contributed by atoms with Gasteiger partial charge in [0.15, 0.2) is 0 Å². The second-order valence-corrected chi connectivity index (χ2v) is 6.69. The fraction of sp³-hybridized carbons (Fsp3) is 0.143. The Morgan fingerprint density at radius 1 is 1.18 bits per heavy atom. The van der Waals surface area contributed by atoms with Gasteiger partial charge in [-0.2, -0.15) is 4.31 Å². The third kappa shape index (κ3) is 3.46. The van der Waals surface area contributed by atoms with E-state index in [4.69, 9.17) is 0 Å². The van der Waals surface area contributed by atoms with Crippen molar-refractivity contribution >= 4 is 15.7 Å². The smallest absolute Gasteiger partial charge is 0.258 e. The van der Waals surface area contributed by atoms with E-state index in [1.54, 1.807) is 0 Å². The Morgan fingerprint density at radius 3 is 2.41 bits per heavy atom. The summed E-state index contributed by atoms with van der Waals surface area (Å²) in [5.41, 5.74) is 0.314. The van der Waals surface area contributed by atoms with E-state index >= 15 is 0 Å². The van der Waals surface area contributed by atoms with Gasteiger partial charge in [0.1, 0.15) is 5.82 Å². The Labute approximate surface area is 127 Å². The van der Waals surface area contributed by atoms with E-state index < -0.39 is 20.8 Å². The molecule has 0 heterocycles. The van der Waals surface area contributed by atoms with Crippen molar-refractivity contribution in [3.8, 4) is 0 Å². The van der Waals surface area contributed by atoms with Crippen molar-refractivity contribution in [1.29, 1.82) is 0 Å². The number of nitrogens with zero attached hydrogens (tertiary/aromatic N) is 2. The molecule has 0 bridgehead atoms. The number of rotatable bonds is 5. The van der Waals surface area contributed by atoms with Crippen LogP contribution in [-0.2, 0) is 16.6 Å². The number of sulfonamides is 1. The first-order valence-corrected chi connectivity index (χ1v) is 7.70. The van der Waals surface area contributed by atoms with Crippen LogP contribution in [0.3, 0.4) is 0 Å².